The van der Waals surface area contributed by atoms with Crippen molar-refractivity contribution in [2.24, 2.45) is 0 Å². The molecule has 10 heteroatoms. The van der Waals surface area contributed by atoms with E-state index in [4.69, 9.17) is 0 Å². The van der Waals surface area contributed by atoms with Crippen molar-refractivity contribution in [3.8, 4) is 5.69 Å². The number of aromatic nitrogens is 4. The van der Waals surface area contributed by atoms with Crippen LogP contribution in [-0.4, -0.2) is 28.6 Å². The summed E-state index contributed by atoms with van der Waals surface area (Å²) < 4.78 is 41.9. The van der Waals surface area contributed by atoms with Gasteiger partial charge < -0.3 is 0 Å². The lowest BCUT2D eigenvalue weighted by atomic mass is 10.2. The molecule has 0 aliphatic heterocycles. The summed E-state index contributed by atoms with van der Waals surface area (Å²) >= 11 is 0. The molecule has 0 saturated carbocycles. The summed E-state index contributed by atoms with van der Waals surface area (Å²) in [5, 5.41) is 9.08. The van der Waals surface area contributed by atoms with Crippen LogP contribution in [0, 0.1) is 12.7 Å². The Kier molecular flexibility index (Phi) is 3.89. The van der Waals surface area contributed by atoms with Crippen molar-refractivity contribution in [1.82, 2.24) is 20.2 Å². The molecule has 0 radical (unpaired) electrons. The maximum atomic E-state index is 14.0. The number of nitrogens with zero attached hydrogens (tertiary/aromatic N) is 3. The molecule has 0 fully saturated rings. The molecule has 0 saturated heterocycles. The third-order valence-corrected chi connectivity index (χ3v) is 4.68. The van der Waals surface area contributed by atoms with Gasteiger partial charge >= 0.3 is 5.69 Å². The molecule has 124 valence electrons. The number of benzene rings is 2. The third kappa shape index (κ3) is 2.91. The highest BCUT2D eigenvalue weighted by molar-refractivity contribution is 7.92. The van der Waals surface area contributed by atoms with Gasteiger partial charge in [-0.1, -0.05) is 12.1 Å². The van der Waals surface area contributed by atoms with Crippen molar-refractivity contribution in [2.75, 3.05) is 4.72 Å². The Bertz CT molecular complexity index is 1040. The molecular weight excluding hydrogens is 337 g/mol. The van der Waals surface area contributed by atoms with Crippen molar-refractivity contribution in [3.05, 3.63) is 64.3 Å². The first kappa shape index (κ1) is 15.9. The number of aryl methyl sites for hydroxylation is 1. The van der Waals surface area contributed by atoms with Crippen LogP contribution in [0.4, 0.5) is 10.1 Å². The van der Waals surface area contributed by atoms with Crippen LogP contribution in [0.15, 0.2) is 52.2 Å². The van der Waals surface area contributed by atoms with E-state index in [0.717, 1.165) is 4.68 Å². The number of hydrogen-bond acceptors (Lipinski definition) is 5. The molecule has 0 aliphatic carbocycles. The summed E-state index contributed by atoms with van der Waals surface area (Å²) in [7, 11) is -4.07. The van der Waals surface area contributed by atoms with E-state index in [9.17, 15) is 17.6 Å². The first-order valence-electron chi connectivity index (χ1n) is 6.77. The monoisotopic (exact) mass is 349 g/mol. The van der Waals surface area contributed by atoms with E-state index in [-0.39, 0.29) is 11.3 Å². The number of aromatic amines is 1. The molecule has 0 bridgehead atoms. The first-order chi connectivity index (χ1) is 11.4. The lowest BCUT2D eigenvalue weighted by molar-refractivity contribution is 0.565. The Morgan fingerprint density at radius 1 is 1.17 bits per heavy atom. The Labute approximate surface area is 136 Å². The zero-order chi connectivity index (χ0) is 17.3. The summed E-state index contributed by atoms with van der Waals surface area (Å²) in [5.41, 5.74) is 0.332. The number of tetrazole rings is 1. The first-order valence-corrected chi connectivity index (χ1v) is 8.25. The van der Waals surface area contributed by atoms with Crippen LogP contribution < -0.4 is 10.4 Å². The Morgan fingerprint density at radius 3 is 2.50 bits per heavy atom. The number of hydrogen-bond donors (Lipinski definition) is 2. The van der Waals surface area contributed by atoms with Gasteiger partial charge in [-0.25, -0.2) is 22.7 Å². The van der Waals surface area contributed by atoms with Crippen LogP contribution in [0.1, 0.15) is 5.56 Å². The molecule has 0 unspecified atom stereocenters. The summed E-state index contributed by atoms with van der Waals surface area (Å²) in [4.78, 5) is 11.0. The summed E-state index contributed by atoms with van der Waals surface area (Å²) in [6, 6.07) is 9.96. The van der Waals surface area contributed by atoms with Crippen molar-refractivity contribution in [2.45, 2.75) is 11.8 Å². The number of rotatable bonds is 4. The second-order valence-corrected chi connectivity index (χ2v) is 6.61. The largest absolute Gasteiger partial charge is 0.365 e. The fraction of sp³-hybridized carbons (Fsp3) is 0.0714. The van der Waals surface area contributed by atoms with Gasteiger partial charge in [0.15, 0.2) is 0 Å². The molecule has 0 amide bonds. The summed E-state index contributed by atoms with van der Waals surface area (Å²) in [6.07, 6.45) is 0. The van der Waals surface area contributed by atoms with E-state index in [1.54, 1.807) is 0 Å². The van der Waals surface area contributed by atoms with E-state index < -0.39 is 26.4 Å². The topological polar surface area (TPSA) is 110 Å². The highest BCUT2D eigenvalue weighted by atomic mass is 32.2. The number of anilines is 1. The zero-order valence-corrected chi connectivity index (χ0v) is 13.2. The van der Waals surface area contributed by atoms with Gasteiger partial charge in [0, 0.05) is 5.69 Å². The minimum absolute atomic E-state index is 0.219. The SMILES string of the molecule is Cc1cccc(S(=O)(=O)Nc2ccc(-n3nn[nH]c3=O)cc2)c1F. The zero-order valence-electron chi connectivity index (χ0n) is 12.4. The van der Waals surface area contributed by atoms with Crippen LogP contribution in [-0.2, 0) is 10.0 Å². The predicted octanol–water partition coefficient (Wildman–Crippen LogP) is 1.20. The molecule has 2 N–H and O–H groups in total. The van der Waals surface area contributed by atoms with Crippen LogP contribution in [0.25, 0.3) is 5.69 Å². The van der Waals surface area contributed by atoms with Gasteiger partial charge in [0.1, 0.15) is 10.7 Å². The van der Waals surface area contributed by atoms with E-state index >= 15 is 0 Å². The van der Waals surface area contributed by atoms with Crippen LogP contribution in [0.5, 0.6) is 0 Å². The standard InChI is InChI=1S/C14H12FN5O3S/c1-9-3-2-4-12(13(9)15)24(22,23)17-10-5-7-11(8-6-10)20-14(21)16-18-19-20/h2-8,17H,1H3,(H,16,19,21). The molecule has 8 nitrogen and oxygen atoms in total. The molecule has 1 aromatic heterocycles. The van der Waals surface area contributed by atoms with E-state index in [1.807, 2.05) is 0 Å². The second kappa shape index (κ2) is 5.89. The second-order valence-electron chi connectivity index (χ2n) is 4.96. The molecule has 0 atom stereocenters. The van der Waals surface area contributed by atoms with Gasteiger partial charge in [0.25, 0.3) is 10.0 Å². The molecule has 0 spiro atoms. The van der Waals surface area contributed by atoms with Crippen molar-refractivity contribution >= 4 is 15.7 Å². The third-order valence-electron chi connectivity index (χ3n) is 3.28. The molecular formula is C14H12FN5O3S. The van der Waals surface area contributed by atoms with Gasteiger partial charge in [0.2, 0.25) is 0 Å². The quantitative estimate of drug-likeness (QED) is 0.735. The fourth-order valence-electron chi connectivity index (χ4n) is 2.08. The Morgan fingerprint density at radius 2 is 1.88 bits per heavy atom. The Hall–Kier alpha value is -3.01. The molecule has 1 heterocycles. The average molecular weight is 349 g/mol. The van der Waals surface area contributed by atoms with Gasteiger partial charge in [-0.15, -0.1) is 0 Å². The fourth-order valence-corrected chi connectivity index (χ4v) is 3.29. The Balaban J connectivity index is 1.90. The van der Waals surface area contributed by atoms with Crippen molar-refractivity contribution in [1.29, 1.82) is 0 Å². The van der Waals surface area contributed by atoms with Crippen LogP contribution in [0.3, 0.4) is 0 Å². The van der Waals surface area contributed by atoms with Gasteiger partial charge in [0.05, 0.1) is 5.69 Å². The van der Waals surface area contributed by atoms with Crippen LogP contribution in [0.2, 0.25) is 0 Å². The highest BCUT2D eigenvalue weighted by Gasteiger charge is 2.20. The summed E-state index contributed by atoms with van der Waals surface area (Å²) in [5.74, 6) is -0.796. The van der Waals surface area contributed by atoms with E-state index in [1.165, 1.54) is 49.4 Å². The van der Waals surface area contributed by atoms with Crippen LogP contribution >= 0.6 is 0 Å². The van der Waals surface area contributed by atoms with Gasteiger partial charge in [-0.2, -0.15) is 4.68 Å². The lowest BCUT2D eigenvalue weighted by Crippen LogP contribution is -2.17. The van der Waals surface area contributed by atoms with Gasteiger partial charge in [-0.3, -0.25) is 4.72 Å². The number of sulfonamides is 1. The maximum absolute atomic E-state index is 14.0. The summed E-state index contributed by atoms with van der Waals surface area (Å²) in [6.45, 7) is 1.48. The molecule has 24 heavy (non-hydrogen) atoms. The minimum atomic E-state index is -4.07. The molecule has 3 rings (SSSR count). The van der Waals surface area contributed by atoms with E-state index in [2.05, 4.69) is 20.2 Å². The normalized spacial score (nSPS) is 11.4. The van der Waals surface area contributed by atoms with Crippen molar-refractivity contribution in [3.63, 3.8) is 0 Å². The van der Waals surface area contributed by atoms with E-state index in [0.29, 0.717) is 5.69 Å². The van der Waals surface area contributed by atoms with Crippen molar-refractivity contribution < 1.29 is 12.8 Å². The highest BCUT2D eigenvalue weighted by Crippen LogP contribution is 2.21. The number of nitrogens with one attached hydrogen (secondary N) is 2. The minimum Gasteiger partial charge on any atom is -0.280 e. The maximum Gasteiger partial charge on any atom is 0.365 e. The average Bonchev–Trinajstić information content (AvgIpc) is 2.96. The molecule has 2 aromatic carbocycles. The number of halogens is 1. The lowest BCUT2D eigenvalue weighted by Gasteiger charge is -2.10. The smallest absolute Gasteiger partial charge is 0.280 e. The molecule has 0 aliphatic rings. The molecule has 3 aromatic rings. The predicted molar refractivity (Wildman–Crippen MR) is 83.9 cm³/mol. The number of H-pyrrole nitrogens is 1. The van der Waals surface area contributed by atoms with Gasteiger partial charge in [-0.05, 0) is 53.2 Å².